The fourth-order valence-corrected chi connectivity index (χ4v) is 2.29. The molecule has 1 unspecified atom stereocenters. The molecule has 2 heterocycles. The molecule has 1 amide bonds. The highest BCUT2D eigenvalue weighted by Gasteiger charge is 2.15. The van der Waals surface area contributed by atoms with Crippen molar-refractivity contribution in [2.75, 3.05) is 13.1 Å². The minimum absolute atomic E-state index is 0.184. The molecule has 1 atom stereocenters. The van der Waals surface area contributed by atoms with Crippen LogP contribution in [0.15, 0.2) is 18.7 Å². The normalized spacial score (nSPS) is 20.4. The Labute approximate surface area is 108 Å². The number of hydrogen-bond acceptors (Lipinski definition) is 3. The lowest BCUT2D eigenvalue weighted by Gasteiger charge is -2.14. The number of aryl methyl sites for hydroxylation is 1. The smallest absolute Gasteiger partial charge is 0.221 e. The Kier molecular flexibility index (Phi) is 5.20. The van der Waals surface area contributed by atoms with Crippen molar-refractivity contribution >= 4 is 5.91 Å². The summed E-state index contributed by atoms with van der Waals surface area (Å²) in [6.45, 7) is 2.84. The molecule has 5 nitrogen and oxygen atoms in total. The van der Waals surface area contributed by atoms with Crippen molar-refractivity contribution in [3.63, 3.8) is 0 Å². The van der Waals surface area contributed by atoms with Gasteiger partial charge in [-0.05, 0) is 32.2 Å². The number of imidazole rings is 1. The molecule has 1 aliphatic heterocycles. The molecule has 0 saturated carbocycles. The van der Waals surface area contributed by atoms with Crippen molar-refractivity contribution in [2.24, 2.45) is 0 Å². The van der Waals surface area contributed by atoms with E-state index in [1.807, 2.05) is 18.7 Å². The van der Waals surface area contributed by atoms with E-state index in [-0.39, 0.29) is 5.91 Å². The fraction of sp³-hybridized carbons (Fsp3) is 0.692. The van der Waals surface area contributed by atoms with Crippen LogP contribution >= 0.6 is 0 Å². The molecule has 0 radical (unpaired) electrons. The maximum atomic E-state index is 11.4. The summed E-state index contributed by atoms with van der Waals surface area (Å²) in [4.78, 5) is 15.4. The Morgan fingerprint density at radius 3 is 3.28 bits per heavy atom. The summed E-state index contributed by atoms with van der Waals surface area (Å²) < 4.78 is 2.10. The SMILES string of the molecule is O=C1CC(NCCCCn2ccnc2)CCCN1. The first kappa shape index (κ1) is 13.1. The van der Waals surface area contributed by atoms with Crippen molar-refractivity contribution in [3.05, 3.63) is 18.7 Å². The van der Waals surface area contributed by atoms with E-state index in [9.17, 15) is 4.79 Å². The number of unbranched alkanes of at least 4 members (excludes halogenated alkanes) is 1. The van der Waals surface area contributed by atoms with E-state index in [1.165, 1.54) is 0 Å². The average molecular weight is 250 g/mol. The Morgan fingerprint density at radius 2 is 2.44 bits per heavy atom. The molecule has 18 heavy (non-hydrogen) atoms. The number of nitrogens with one attached hydrogen (secondary N) is 2. The van der Waals surface area contributed by atoms with Gasteiger partial charge in [0.1, 0.15) is 0 Å². The van der Waals surface area contributed by atoms with Gasteiger partial charge in [0.25, 0.3) is 0 Å². The first-order valence-corrected chi connectivity index (χ1v) is 6.80. The minimum Gasteiger partial charge on any atom is -0.356 e. The quantitative estimate of drug-likeness (QED) is 0.738. The third kappa shape index (κ3) is 4.49. The summed E-state index contributed by atoms with van der Waals surface area (Å²) in [6, 6.07) is 0.362. The third-order valence-electron chi connectivity index (χ3n) is 3.32. The Balaban J connectivity index is 1.55. The topological polar surface area (TPSA) is 59.0 Å². The molecule has 1 aromatic heterocycles. The lowest BCUT2D eigenvalue weighted by Crippen LogP contribution is -2.33. The molecule has 0 aromatic carbocycles. The van der Waals surface area contributed by atoms with Crippen LogP contribution in [-0.2, 0) is 11.3 Å². The maximum Gasteiger partial charge on any atom is 0.221 e. The Bertz CT molecular complexity index is 350. The zero-order valence-electron chi connectivity index (χ0n) is 10.8. The van der Waals surface area contributed by atoms with E-state index in [1.54, 1.807) is 0 Å². The minimum atomic E-state index is 0.184. The van der Waals surface area contributed by atoms with Crippen LogP contribution in [0, 0.1) is 0 Å². The van der Waals surface area contributed by atoms with Gasteiger partial charge in [-0.2, -0.15) is 0 Å². The van der Waals surface area contributed by atoms with Gasteiger partial charge in [0.2, 0.25) is 5.91 Å². The molecule has 1 aliphatic rings. The molecule has 100 valence electrons. The molecule has 0 aliphatic carbocycles. The summed E-state index contributed by atoms with van der Waals surface area (Å²) >= 11 is 0. The van der Waals surface area contributed by atoms with Gasteiger partial charge in [-0.3, -0.25) is 4.79 Å². The Hall–Kier alpha value is -1.36. The zero-order chi connectivity index (χ0) is 12.6. The van der Waals surface area contributed by atoms with Crippen LogP contribution in [0.3, 0.4) is 0 Å². The largest absolute Gasteiger partial charge is 0.356 e. The maximum absolute atomic E-state index is 11.4. The van der Waals surface area contributed by atoms with Gasteiger partial charge in [-0.1, -0.05) is 0 Å². The first-order chi connectivity index (χ1) is 8.84. The van der Waals surface area contributed by atoms with E-state index >= 15 is 0 Å². The number of rotatable bonds is 6. The predicted octanol–water partition coefficient (Wildman–Crippen LogP) is 0.922. The molecule has 2 rings (SSSR count). The van der Waals surface area contributed by atoms with Gasteiger partial charge < -0.3 is 15.2 Å². The molecule has 1 saturated heterocycles. The van der Waals surface area contributed by atoms with Crippen molar-refractivity contribution in [1.29, 1.82) is 0 Å². The zero-order valence-corrected chi connectivity index (χ0v) is 10.8. The molecule has 2 N–H and O–H groups in total. The number of aromatic nitrogens is 2. The van der Waals surface area contributed by atoms with Crippen molar-refractivity contribution in [2.45, 2.75) is 44.7 Å². The molecule has 0 spiro atoms. The molecule has 1 aromatic rings. The highest BCUT2D eigenvalue weighted by atomic mass is 16.1. The van der Waals surface area contributed by atoms with Crippen LogP contribution in [0.1, 0.15) is 32.1 Å². The molecule has 1 fully saturated rings. The van der Waals surface area contributed by atoms with Crippen LogP contribution in [0.2, 0.25) is 0 Å². The Morgan fingerprint density at radius 1 is 1.50 bits per heavy atom. The van der Waals surface area contributed by atoms with Crippen molar-refractivity contribution in [1.82, 2.24) is 20.2 Å². The van der Waals surface area contributed by atoms with Crippen LogP contribution in [-0.4, -0.2) is 34.6 Å². The van der Waals surface area contributed by atoms with Gasteiger partial charge >= 0.3 is 0 Å². The average Bonchev–Trinajstić information content (AvgIpc) is 2.78. The standard InChI is InChI=1S/C13H22N4O/c18-13-10-12(4-3-6-16-13)15-5-1-2-8-17-9-7-14-11-17/h7,9,11-12,15H,1-6,8,10H2,(H,16,18). The fourth-order valence-electron chi connectivity index (χ4n) is 2.29. The van der Waals surface area contributed by atoms with Crippen molar-refractivity contribution in [3.8, 4) is 0 Å². The molecule has 0 bridgehead atoms. The second-order valence-electron chi connectivity index (χ2n) is 4.85. The van der Waals surface area contributed by atoms with Gasteiger partial charge in [-0.25, -0.2) is 4.98 Å². The second-order valence-corrected chi connectivity index (χ2v) is 4.85. The van der Waals surface area contributed by atoms with E-state index < -0.39 is 0 Å². The van der Waals surface area contributed by atoms with Gasteiger partial charge in [0, 0.05) is 37.9 Å². The van der Waals surface area contributed by atoms with Gasteiger partial charge in [0.05, 0.1) is 6.33 Å². The number of nitrogens with zero attached hydrogens (tertiary/aromatic N) is 2. The summed E-state index contributed by atoms with van der Waals surface area (Å²) in [5.41, 5.74) is 0. The van der Waals surface area contributed by atoms with Crippen LogP contribution < -0.4 is 10.6 Å². The number of hydrogen-bond donors (Lipinski definition) is 2. The van der Waals surface area contributed by atoms with Crippen molar-refractivity contribution < 1.29 is 4.79 Å². The first-order valence-electron chi connectivity index (χ1n) is 6.80. The lowest BCUT2D eigenvalue weighted by molar-refractivity contribution is -0.121. The predicted molar refractivity (Wildman–Crippen MR) is 70.1 cm³/mol. The third-order valence-corrected chi connectivity index (χ3v) is 3.32. The van der Waals surface area contributed by atoms with E-state index in [2.05, 4.69) is 20.2 Å². The van der Waals surface area contributed by atoms with Gasteiger partial charge in [0.15, 0.2) is 0 Å². The van der Waals surface area contributed by atoms with E-state index in [4.69, 9.17) is 0 Å². The van der Waals surface area contributed by atoms with Crippen LogP contribution in [0.25, 0.3) is 0 Å². The summed E-state index contributed by atoms with van der Waals surface area (Å²) in [5, 5.41) is 6.39. The highest BCUT2D eigenvalue weighted by Crippen LogP contribution is 2.06. The summed E-state index contributed by atoms with van der Waals surface area (Å²) in [6.07, 6.45) is 10.7. The molecular formula is C13H22N4O. The monoisotopic (exact) mass is 250 g/mol. The highest BCUT2D eigenvalue weighted by molar-refractivity contribution is 5.76. The second kappa shape index (κ2) is 7.16. The number of carbonyl (C=O) groups is 1. The number of carbonyl (C=O) groups excluding carboxylic acids is 1. The van der Waals surface area contributed by atoms with Crippen LogP contribution in [0.4, 0.5) is 0 Å². The lowest BCUT2D eigenvalue weighted by atomic mass is 10.1. The van der Waals surface area contributed by atoms with E-state index in [0.717, 1.165) is 45.3 Å². The summed E-state index contributed by atoms with van der Waals surface area (Å²) in [5.74, 6) is 0.184. The van der Waals surface area contributed by atoms with E-state index in [0.29, 0.717) is 12.5 Å². The summed E-state index contributed by atoms with van der Waals surface area (Å²) in [7, 11) is 0. The number of amides is 1. The van der Waals surface area contributed by atoms with Crippen LogP contribution in [0.5, 0.6) is 0 Å². The van der Waals surface area contributed by atoms with Gasteiger partial charge in [-0.15, -0.1) is 0 Å². The molecule has 5 heteroatoms. The molecular weight excluding hydrogens is 228 g/mol.